The minimum atomic E-state index is -0.0184. The molecule has 194 valence electrons. The van der Waals surface area contributed by atoms with Crippen LogP contribution in [0.5, 0.6) is 5.75 Å². The van der Waals surface area contributed by atoms with Gasteiger partial charge in [0, 0.05) is 37.5 Å². The fourth-order valence-electron chi connectivity index (χ4n) is 5.53. The number of hydrogen-bond acceptors (Lipinski definition) is 5. The molecule has 2 aliphatic rings. The fourth-order valence-corrected chi connectivity index (χ4v) is 6.49. The van der Waals surface area contributed by atoms with Crippen molar-refractivity contribution in [3.05, 3.63) is 92.9 Å². The van der Waals surface area contributed by atoms with Crippen molar-refractivity contribution in [2.45, 2.75) is 45.7 Å². The molecule has 0 saturated carbocycles. The van der Waals surface area contributed by atoms with Gasteiger partial charge in [-0.3, -0.25) is 9.59 Å². The van der Waals surface area contributed by atoms with Crippen LogP contribution < -0.4 is 4.74 Å². The summed E-state index contributed by atoms with van der Waals surface area (Å²) in [5, 5.41) is 5.39. The standard InChI is InChI=1S/C31H31N3O3S/c1-20-9-10-26(15-21(20)2)37-18-28(35)33-13-11-23(12-14-33)30-32-27(19-38-30)31(36)34-16-24-7-3-5-22-6-4-8-25(17-34)29(22)24/h3-10,15,19,23H,11-14,16-18H2,1-2H3. The van der Waals surface area contributed by atoms with Crippen LogP contribution in [0.4, 0.5) is 0 Å². The highest BCUT2D eigenvalue weighted by molar-refractivity contribution is 7.09. The van der Waals surface area contributed by atoms with Gasteiger partial charge in [-0.1, -0.05) is 42.5 Å². The molecule has 0 radical (unpaired) electrons. The second kappa shape index (κ2) is 10.2. The minimum Gasteiger partial charge on any atom is -0.484 e. The predicted octanol–water partition coefficient (Wildman–Crippen LogP) is 5.85. The van der Waals surface area contributed by atoms with E-state index in [-0.39, 0.29) is 24.3 Å². The van der Waals surface area contributed by atoms with Crippen molar-refractivity contribution in [1.82, 2.24) is 14.8 Å². The van der Waals surface area contributed by atoms with Crippen LogP contribution >= 0.6 is 11.3 Å². The first-order valence-electron chi connectivity index (χ1n) is 13.2. The smallest absolute Gasteiger partial charge is 0.273 e. The van der Waals surface area contributed by atoms with Crippen LogP contribution in [0, 0.1) is 13.8 Å². The van der Waals surface area contributed by atoms with Crippen LogP contribution in [0.3, 0.4) is 0 Å². The highest BCUT2D eigenvalue weighted by Gasteiger charge is 2.29. The molecule has 3 heterocycles. The lowest BCUT2D eigenvalue weighted by molar-refractivity contribution is -0.134. The number of nitrogens with zero attached hydrogens (tertiary/aromatic N) is 3. The zero-order valence-electron chi connectivity index (χ0n) is 21.8. The van der Waals surface area contributed by atoms with Gasteiger partial charge in [-0.05, 0) is 71.8 Å². The first-order valence-corrected chi connectivity index (χ1v) is 14.1. The number of piperidine rings is 1. The number of carbonyl (C=O) groups is 2. The Labute approximate surface area is 226 Å². The summed E-state index contributed by atoms with van der Waals surface area (Å²) in [5.41, 5.74) is 5.26. The molecule has 0 spiro atoms. The van der Waals surface area contributed by atoms with E-state index in [0.29, 0.717) is 31.9 Å². The Morgan fingerprint density at radius 1 is 0.947 bits per heavy atom. The minimum absolute atomic E-state index is 0.0112. The first kappa shape index (κ1) is 24.6. The summed E-state index contributed by atoms with van der Waals surface area (Å²) in [4.78, 5) is 34.7. The molecular weight excluding hydrogens is 494 g/mol. The quantitative estimate of drug-likeness (QED) is 0.328. The molecule has 0 aliphatic carbocycles. The average molecular weight is 526 g/mol. The lowest BCUT2D eigenvalue weighted by Gasteiger charge is -2.31. The van der Waals surface area contributed by atoms with Gasteiger partial charge < -0.3 is 14.5 Å². The number of aryl methyl sites for hydroxylation is 2. The monoisotopic (exact) mass is 525 g/mol. The SMILES string of the molecule is Cc1ccc(OCC(=O)N2CCC(c3nc(C(=O)N4Cc5cccc6cccc(c56)C4)cs3)CC2)cc1C. The van der Waals surface area contributed by atoms with Crippen LogP contribution in [-0.2, 0) is 17.9 Å². The van der Waals surface area contributed by atoms with Crippen molar-refractivity contribution in [2.24, 2.45) is 0 Å². The molecule has 6 nitrogen and oxygen atoms in total. The molecular formula is C31H31N3O3S. The van der Waals surface area contributed by atoms with E-state index in [1.807, 2.05) is 40.3 Å². The number of rotatable bonds is 5. The predicted molar refractivity (Wildman–Crippen MR) is 150 cm³/mol. The third-order valence-corrected chi connectivity index (χ3v) is 8.87. The number of carbonyl (C=O) groups excluding carboxylic acids is 2. The summed E-state index contributed by atoms with van der Waals surface area (Å²) < 4.78 is 5.75. The molecule has 1 aromatic heterocycles. The zero-order valence-corrected chi connectivity index (χ0v) is 22.6. The van der Waals surface area contributed by atoms with Crippen LogP contribution in [0.15, 0.2) is 60.0 Å². The molecule has 0 N–H and O–H groups in total. The van der Waals surface area contributed by atoms with E-state index >= 15 is 0 Å². The molecule has 38 heavy (non-hydrogen) atoms. The Morgan fingerprint density at radius 2 is 1.66 bits per heavy atom. The highest BCUT2D eigenvalue weighted by atomic mass is 32.1. The van der Waals surface area contributed by atoms with Gasteiger partial charge in [0.2, 0.25) is 0 Å². The molecule has 7 heteroatoms. The van der Waals surface area contributed by atoms with Gasteiger partial charge in [0.1, 0.15) is 11.4 Å². The number of thiazole rings is 1. The lowest BCUT2D eigenvalue weighted by Crippen LogP contribution is -2.40. The molecule has 4 aromatic rings. The molecule has 2 amide bonds. The van der Waals surface area contributed by atoms with Gasteiger partial charge in [-0.15, -0.1) is 11.3 Å². The van der Waals surface area contributed by atoms with Crippen molar-refractivity contribution >= 4 is 33.9 Å². The lowest BCUT2D eigenvalue weighted by atomic mass is 9.95. The zero-order chi connectivity index (χ0) is 26.2. The van der Waals surface area contributed by atoms with Crippen LogP contribution in [0.25, 0.3) is 10.8 Å². The third-order valence-electron chi connectivity index (χ3n) is 7.87. The summed E-state index contributed by atoms with van der Waals surface area (Å²) in [7, 11) is 0. The van der Waals surface area contributed by atoms with Gasteiger partial charge in [0.15, 0.2) is 6.61 Å². The summed E-state index contributed by atoms with van der Waals surface area (Å²) >= 11 is 1.56. The maximum Gasteiger partial charge on any atom is 0.273 e. The van der Waals surface area contributed by atoms with Crippen LogP contribution in [-0.4, -0.2) is 46.3 Å². The molecule has 3 aromatic carbocycles. The maximum absolute atomic E-state index is 13.4. The number of aromatic nitrogens is 1. The van der Waals surface area contributed by atoms with E-state index in [2.05, 4.69) is 43.3 Å². The summed E-state index contributed by atoms with van der Waals surface area (Å²) in [6.07, 6.45) is 1.69. The number of likely N-dealkylation sites (tertiary alicyclic amines) is 1. The van der Waals surface area contributed by atoms with Crippen molar-refractivity contribution in [3.8, 4) is 5.75 Å². The molecule has 6 rings (SSSR count). The number of hydrogen-bond donors (Lipinski definition) is 0. The average Bonchev–Trinajstić information content (AvgIpc) is 3.44. The molecule has 2 aliphatic heterocycles. The van der Waals surface area contributed by atoms with E-state index in [1.165, 1.54) is 27.5 Å². The summed E-state index contributed by atoms with van der Waals surface area (Å²) in [6, 6.07) is 18.5. The van der Waals surface area contributed by atoms with Gasteiger partial charge in [0.05, 0.1) is 5.01 Å². The summed E-state index contributed by atoms with van der Waals surface area (Å²) in [6.45, 7) is 6.71. The molecule has 1 saturated heterocycles. The second-order valence-corrected chi connectivity index (χ2v) is 11.2. The molecule has 0 atom stereocenters. The van der Waals surface area contributed by atoms with E-state index < -0.39 is 0 Å². The number of amides is 2. The van der Waals surface area contributed by atoms with Gasteiger partial charge in [-0.2, -0.15) is 0 Å². The normalized spacial score (nSPS) is 15.6. The van der Waals surface area contributed by atoms with E-state index in [1.54, 1.807) is 11.3 Å². The fraction of sp³-hybridized carbons (Fsp3) is 0.323. The molecule has 0 unspecified atom stereocenters. The maximum atomic E-state index is 13.4. The molecule has 1 fully saturated rings. The van der Waals surface area contributed by atoms with Crippen LogP contribution in [0.2, 0.25) is 0 Å². The van der Waals surface area contributed by atoms with Crippen molar-refractivity contribution in [3.63, 3.8) is 0 Å². The Kier molecular flexibility index (Phi) is 6.62. The van der Waals surface area contributed by atoms with Crippen molar-refractivity contribution in [1.29, 1.82) is 0 Å². The Hall–Kier alpha value is -3.71. The Morgan fingerprint density at radius 3 is 2.34 bits per heavy atom. The Balaban J connectivity index is 1.05. The van der Waals surface area contributed by atoms with E-state index in [9.17, 15) is 9.59 Å². The van der Waals surface area contributed by atoms with E-state index in [0.717, 1.165) is 29.2 Å². The van der Waals surface area contributed by atoms with Crippen molar-refractivity contribution in [2.75, 3.05) is 19.7 Å². The van der Waals surface area contributed by atoms with Gasteiger partial charge in [-0.25, -0.2) is 4.98 Å². The van der Waals surface area contributed by atoms with Crippen LogP contribution in [0.1, 0.15) is 56.5 Å². The van der Waals surface area contributed by atoms with Crippen molar-refractivity contribution < 1.29 is 14.3 Å². The largest absolute Gasteiger partial charge is 0.484 e. The van der Waals surface area contributed by atoms with E-state index in [4.69, 9.17) is 9.72 Å². The van der Waals surface area contributed by atoms with Gasteiger partial charge >= 0.3 is 0 Å². The molecule has 0 bridgehead atoms. The topological polar surface area (TPSA) is 62.7 Å². The highest BCUT2D eigenvalue weighted by Crippen LogP contribution is 2.33. The third kappa shape index (κ3) is 4.78. The number of benzene rings is 3. The number of ether oxygens (including phenoxy) is 1. The summed E-state index contributed by atoms with van der Waals surface area (Å²) in [5.74, 6) is 0.986. The first-order chi connectivity index (χ1) is 18.5. The van der Waals surface area contributed by atoms with Gasteiger partial charge in [0.25, 0.3) is 11.8 Å². The second-order valence-electron chi connectivity index (χ2n) is 10.4. The Bertz CT molecular complexity index is 1480.